The Morgan fingerprint density at radius 2 is 1.72 bits per heavy atom. The number of hydrogen-bond acceptors (Lipinski definition) is 2. The molecular formula is C24H27ClN2O2. The molecule has 0 bridgehead atoms. The summed E-state index contributed by atoms with van der Waals surface area (Å²) in [6, 6.07) is 17.5. The van der Waals surface area contributed by atoms with Crippen molar-refractivity contribution in [3.8, 4) is 22.7 Å². The average molecular weight is 411 g/mol. The van der Waals surface area contributed by atoms with Gasteiger partial charge in [-0.1, -0.05) is 37.6 Å². The molecule has 152 valence electrons. The van der Waals surface area contributed by atoms with Crippen LogP contribution in [0.25, 0.3) is 16.9 Å². The zero-order valence-electron chi connectivity index (χ0n) is 17.5. The Morgan fingerprint density at radius 3 is 2.31 bits per heavy atom. The van der Waals surface area contributed by atoms with E-state index in [1.165, 1.54) is 0 Å². The van der Waals surface area contributed by atoms with E-state index < -0.39 is 0 Å². The number of benzene rings is 2. The van der Waals surface area contributed by atoms with Crippen LogP contribution in [0.3, 0.4) is 0 Å². The molecule has 0 radical (unpaired) electrons. The highest BCUT2D eigenvalue weighted by molar-refractivity contribution is 6.32. The van der Waals surface area contributed by atoms with Gasteiger partial charge in [0.15, 0.2) is 0 Å². The first-order valence-corrected chi connectivity index (χ1v) is 10.1. The largest absolute Gasteiger partial charge is 0.497 e. The zero-order chi connectivity index (χ0) is 21.1. The Hall–Kier alpha value is -2.72. The van der Waals surface area contributed by atoms with Crippen LogP contribution in [0.4, 0.5) is 0 Å². The SMILES string of the molecule is COc1ccc(-c2cc(C(=O)NC(C)C(C)C)c(C)n2-c2ccccc2Cl)cc1. The van der Waals surface area contributed by atoms with Gasteiger partial charge in [0.25, 0.3) is 5.91 Å². The van der Waals surface area contributed by atoms with Gasteiger partial charge in [-0.05, 0) is 67.8 Å². The maximum absolute atomic E-state index is 13.0. The third kappa shape index (κ3) is 4.33. The number of ether oxygens (including phenoxy) is 1. The van der Waals surface area contributed by atoms with Crippen molar-refractivity contribution >= 4 is 17.5 Å². The van der Waals surface area contributed by atoms with Gasteiger partial charge in [0, 0.05) is 11.7 Å². The third-order valence-corrected chi connectivity index (χ3v) is 5.65. The summed E-state index contributed by atoms with van der Waals surface area (Å²) in [4.78, 5) is 13.0. The van der Waals surface area contributed by atoms with E-state index in [-0.39, 0.29) is 11.9 Å². The molecular weight excluding hydrogens is 384 g/mol. The van der Waals surface area contributed by atoms with Gasteiger partial charge >= 0.3 is 0 Å². The molecule has 0 aliphatic rings. The first kappa shape index (κ1) is 21.0. The lowest BCUT2D eigenvalue weighted by Crippen LogP contribution is -2.36. The van der Waals surface area contributed by atoms with Crippen molar-refractivity contribution in [2.24, 2.45) is 5.92 Å². The predicted molar refractivity (Wildman–Crippen MR) is 119 cm³/mol. The zero-order valence-corrected chi connectivity index (χ0v) is 18.2. The first-order valence-electron chi connectivity index (χ1n) is 9.76. The molecule has 1 amide bonds. The number of hydrogen-bond donors (Lipinski definition) is 1. The number of methoxy groups -OCH3 is 1. The summed E-state index contributed by atoms with van der Waals surface area (Å²) in [6.45, 7) is 8.16. The lowest BCUT2D eigenvalue weighted by Gasteiger charge is -2.17. The van der Waals surface area contributed by atoms with Crippen LogP contribution in [0, 0.1) is 12.8 Å². The highest BCUT2D eigenvalue weighted by Crippen LogP contribution is 2.33. The topological polar surface area (TPSA) is 43.3 Å². The summed E-state index contributed by atoms with van der Waals surface area (Å²) < 4.78 is 7.32. The fourth-order valence-corrected chi connectivity index (χ4v) is 3.43. The summed E-state index contributed by atoms with van der Waals surface area (Å²) in [5.41, 5.74) is 4.21. The summed E-state index contributed by atoms with van der Waals surface area (Å²) in [6.07, 6.45) is 0. The lowest BCUT2D eigenvalue weighted by molar-refractivity contribution is 0.0930. The Labute approximate surface area is 177 Å². The van der Waals surface area contributed by atoms with Crippen molar-refractivity contribution in [1.82, 2.24) is 9.88 Å². The van der Waals surface area contributed by atoms with E-state index in [2.05, 4.69) is 19.2 Å². The molecule has 1 aromatic heterocycles. The van der Waals surface area contributed by atoms with Crippen LogP contribution >= 0.6 is 11.6 Å². The van der Waals surface area contributed by atoms with E-state index in [0.717, 1.165) is 28.4 Å². The smallest absolute Gasteiger partial charge is 0.253 e. The minimum absolute atomic E-state index is 0.0787. The van der Waals surface area contributed by atoms with E-state index >= 15 is 0 Å². The molecule has 0 aliphatic heterocycles. The van der Waals surface area contributed by atoms with Gasteiger partial charge in [-0.15, -0.1) is 0 Å². The molecule has 1 atom stereocenters. The molecule has 0 saturated carbocycles. The van der Waals surface area contributed by atoms with Crippen molar-refractivity contribution in [3.05, 3.63) is 70.9 Å². The maximum Gasteiger partial charge on any atom is 0.253 e. The molecule has 3 rings (SSSR count). The van der Waals surface area contributed by atoms with Crippen LogP contribution in [0.2, 0.25) is 5.02 Å². The summed E-state index contributed by atoms with van der Waals surface area (Å²) in [7, 11) is 1.64. The number of amides is 1. The molecule has 0 saturated heterocycles. The molecule has 0 spiro atoms. The second-order valence-corrected chi connectivity index (χ2v) is 7.96. The highest BCUT2D eigenvalue weighted by Gasteiger charge is 2.22. The Bertz CT molecular complexity index is 1010. The molecule has 4 nitrogen and oxygen atoms in total. The fourth-order valence-electron chi connectivity index (χ4n) is 3.21. The fraction of sp³-hybridized carbons (Fsp3) is 0.292. The Kier molecular flexibility index (Phi) is 6.33. The second kappa shape index (κ2) is 8.75. The van der Waals surface area contributed by atoms with Gasteiger partial charge in [-0.2, -0.15) is 0 Å². The normalized spacial score (nSPS) is 12.1. The molecule has 0 fully saturated rings. The van der Waals surface area contributed by atoms with E-state index in [0.29, 0.717) is 16.5 Å². The minimum atomic E-state index is -0.0794. The molecule has 0 aliphatic carbocycles. The second-order valence-electron chi connectivity index (χ2n) is 7.55. The minimum Gasteiger partial charge on any atom is -0.497 e. The highest BCUT2D eigenvalue weighted by atomic mass is 35.5. The van der Waals surface area contributed by atoms with Crippen molar-refractivity contribution in [3.63, 3.8) is 0 Å². The standard InChI is InChI=1S/C24H27ClN2O2/c1-15(2)16(3)26-24(28)20-14-23(18-10-12-19(29-5)13-11-18)27(17(20)4)22-9-7-6-8-21(22)25/h6-16H,1-5H3,(H,26,28). The number of aromatic nitrogens is 1. The Morgan fingerprint density at radius 1 is 1.07 bits per heavy atom. The third-order valence-electron chi connectivity index (χ3n) is 5.33. The van der Waals surface area contributed by atoms with Crippen LogP contribution in [-0.2, 0) is 0 Å². The summed E-state index contributed by atoms with van der Waals surface area (Å²) >= 11 is 6.51. The van der Waals surface area contributed by atoms with Gasteiger partial charge in [0.05, 0.1) is 29.1 Å². The van der Waals surface area contributed by atoms with Crippen molar-refractivity contribution in [2.45, 2.75) is 33.7 Å². The quantitative estimate of drug-likeness (QED) is 0.550. The van der Waals surface area contributed by atoms with Crippen LogP contribution < -0.4 is 10.1 Å². The van der Waals surface area contributed by atoms with Gasteiger partial charge in [0.1, 0.15) is 5.75 Å². The molecule has 1 heterocycles. The van der Waals surface area contributed by atoms with Crippen LogP contribution in [0.15, 0.2) is 54.6 Å². The van der Waals surface area contributed by atoms with E-state index in [1.807, 2.05) is 73.0 Å². The van der Waals surface area contributed by atoms with E-state index in [1.54, 1.807) is 7.11 Å². The van der Waals surface area contributed by atoms with Crippen molar-refractivity contribution in [1.29, 1.82) is 0 Å². The molecule has 1 N–H and O–H groups in total. The van der Waals surface area contributed by atoms with Gasteiger partial charge in [0.2, 0.25) is 0 Å². The van der Waals surface area contributed by atoms with Crippen molar-refractivity contribution < 1.29 is 9.53 Å². The molecule has 2 aromatic carbocycles. The van der Waals surface area contributed by atoms with Gasteiger partial charge in [-0.3, -0.25) is 4.79 Å². The number of rotatable bonds is 6. The van der Waals surface area contributed by atoms with E-state index in [9.17, 15) is 4.79 Å². The van der Waals surface area contributed by atoms with E-state index in [4.69, 9.17) is 16.3 Å². The number of para-hydroxylation sites is 1. The van der Waals surface area contributed by atoms with Gasteiger partial charge < -0.3 is 14.6 Å². The van der Waals surface area contributed by atoms with Crippen LogP contribution in [-0.4, -0.2) is 23.6 Å². The molecule has 1 unspecified atom stereocenters. The average Bonchev–Trinajstić information content (AvgIpc) is 3.05. The number of nitrogens with zero attached hydrogens (tertiary/aromatic N) is 1. The molecule has 29 heavy (non-hydrogen) atoms. The molecule has 5 heteroatoms. The molecule has 3 aromatic rings. The summed E-state index contributed by atoms with van der Waals surface area (Å²) in [5.74, 6) is 1.06. The summed E-state index contributed by atoms with van der Waals surface area (Å²) in [5, 5.41) is 3.74. The lowest BCUT2D eigenvalue weighted by atomic mass is 10.1. The maximum atomic E-state index is 13.0. The first-order chi connectivity index (χ1) is 13.8. The van der Waals surface area contributed by atoms with Crippen LogP contribution in [0.1, 0.15) is 36.8 Å². The van der Waals surface area contributed by atoms with Gasteiger partial charge in [-0.25, -0.2) is 0 Å². The number of halogens is 1. The number of nitrogens with one attached hydrogen (secondary N) is 1. The predicted octanol–water partition coefficient (Wildman–Crippen LogP) is 5.89. The van der Waals surface area contributed by atoms with Crippen molar-refractivity contribution in [2.75, 3.05) is 7.11 Å². The number of carbonyl (C=O) groups is 1. The Balaban J connectivity index is 2.15. The number of carbonyl (C=O) groups excluding carboxylic acids is 1. The van der Waals surface area contributed by atoms with Crippen LogP contribution in [0.5, 0.6) is 5.75 Å². The monoisotopic (exact) mass is 410 g/mol.